The van der Waals surface area contributed by atoms with Gasteiger partial charge in [0.05, 0.1) is 11.7 Å². The molecule has 2 aromatic rings. The van der Waals surface area contributed by atoms with Crippen molar-refractivity contribution in [3.8, 4) is 0 Å². The summed E-state index contributed by atoms with van der Waals surface area (Å²) in [4.78, 5) is 4.52. The normalized spacial score (nSPS) is 20.1. The number of hydrogen-bond acceptors (Lipinski definition) is 3. The molecule has 0 bridgehead atoms. The molecule has 0 spiro atoms. The Balaban J connectivity index is 2.05. The highest BCUT2D eigenvalue weighted by molar-refractivity contribution is 5.60. The largest absolute Gasteiger partial charge is 0.307 e. The summed E-state index contributed by atoms with van der Waals surface area (Å²) in [6.45, 7) is 0. The number of fused-ring (bicyclic) bond motifs is 1. The molecule has 0 radical (unpaired) electrons. The summed E-state index contributed by atoms with van der Waals surface area (Å²) in [7, 11) is 0. The highest BCUT2D eigenvalue weighted by atomic mass is 15.3. The first-order chi connectivity index (χ1) is 6.93. The number of nitrogens with one attached hydrogen (secondary N) is 1. The molecule has 0 aliphatic carbocycles. The lowest BCUT2D eigenvalue weighted by atomic mass is 10.2. The van der Waals surface area contributed by atoms with Crippen molar-refractivity contribution in [2.45, 2.75) is 12.5 Å². The van der Waals surface area contributed by atoms with Crippen molar-refractivity contribution in [1.29, 1.82) is 0 Å². The lowest BCUT2D eigenvalue weighted by molar-refractivity contribution is 0.606. The van der Waals surface area contributed by atoms with Crippen LogP contribution in [0.25, 0.3) is 5.65 Å². The molecule has 0 aromatic carbocycles. The summed E-state index contributed by atoms with van der Waals surface area (Å²) in [6.07, 6.45) is 6.85. The minimum absolute atomic E-state index is 0.245. The van der Waals surface area contributed by atoms with Crippen LogP contribution >= 0.6 is 0 Å². The summed E-state index contributed by atoms with van der Waals surface area (Å²) in [5, 5.41) is 3.99. The Morgan fingerprint density at radius 2 is 2.43 bits per heavy atom. The predicted octanol–water partition coefficient (Wildman–Crippen LogP) is 1.35. The Morgan fingerprint density at radius 3 is 3.21 bits per heavy atom. The van der Waals surface area contributed by atoms with Gasteiger partial charge < -0.3 is 9.83 Å². The first kappa shape index (κ1) is 7.55. The monoisotopic (exact) mass is 186 g/mol. The van der Waals surface area contributed by atoms with E-state index in [0.29, 0.717) is 0 Å². The molecule has 14 heavy (non-hydrogen) atoms. The van der Waals surface area contributed by atoms with Gasteiger partial charge in [-0.2, -0.15) is 5.10 Å². The minimum Gasteiger partial charge on any atom is -0.307 e. The van der Waals surface area contributed by atoms with E-state index in [0.717, 1.165) is 17.8 Å². The summed E-state index contributed by atoms with van der Waals surface area (Å²) in [5.74, 6) is 0. The molecule has 2 aromatic heterocycles. The maximum absolute atomic E-state index is 4.52. The summed E-state index contributed by atoms with van der Waals surface area (Å²) in [5.41, 5.74) is 5.06. The van der Waals surface area contributed by atoms with Crippen molar-refractivity contribution in [3.63, 3.8) is 0 Å². The molecule has 4 heteroatoms. The number of nitrogens with zero attached hydrogens (tertiary/aromatic N) is 3. The van der Waals surface area contributed by atoms with E-state index >= 15 is 0 Å². The number of rotatable bonds is 1. The maximum Gasteiger partial charge on any atom is 0.137 e. The molecule has 4 nitrogen and oxygen atoms in total. The van der Waals surface area contributed by atoms with Gasteiger partial charge in [-0.3, -0.25) is 0 Å². The van der Waals surface area contributed by atoms with E-state index in [-0.39, 0.29) is 6.04 Å². The molecule has 0 fully saturated rings. The number of pyridine rings is 1. The van der Waals surface area contributed by atoms with Gasteiger partial charge in [0.25, 0.3) is 0 Å². The number of hydrogen-bond donors (Lipinski definition) is 1. The topological polar surface area (TPSA) is 41.7 Å². The Labute approximate surface area is 81.3 Å². The fourth-order valence-corrected chi connectivity index (χ4v) is 1.66. The van der Waals surface area contributed by atoms with Crippen LogP contribution in [0.5, 0.6) is 0 Å². The molecule has 0 saturated heterocycles. The minimum atomic E-state index is 0.245. The van der Waals surface area contributed by atoms with Crippen molar-refractivity contribution >= 4 is 11.9 Å². The standard InChI is InChI=1S/C10H10N4/c1-2-6-14-7-9(12-10(14)3-1)8-4-5-11-13-8/h1-3,5-8,13H,4H2. The lowest BCUT2D eigenvalue weighted by Gasteiger charge is -2.03. The third-order valence-electron chi connectivity index (χ3n) is 2.40. The van der Waals surface area contributed by atoms with Crippen molar-refractivity contribution in [3.05, 3.63) is 36.3 Å². The average Bonchev–Trinajstić information content (AvgIpc) is 2.86. The van der Waals surface area contributed by atoms with E-state index in [9.17, 15) is 0 Å². The van der Waals surface area contributed by atoms with Gasteiger partial charge in [-0.15, -0.1) is 0 Å². The highest BCUT2D eigenvalue weighted by Crippen LogP contribution is 2.18. The van der Waals surface area contributed by atoms with Gasteiger partial charge in [0, 0.05) is 25.0 Å². The van der Waals surface area contributed by atoms with Gasteiger partial charge in [0.15, 0.2) is 0 Å². The zero-order valence-electron chi connectivity index (χ0n) is 7.59. The van der Waals surface area contributed by atoms with Crippen LogP contribution in [0.3, 0.4) is 0 Å². The molecule has 1 atom stereocenters. The van der Waals surface area contributed by atoms with Gasteiger partial charge in [-0.25, -0.2) is 4.98 Å². The second-order valence-electron chi connectivity index (χ2n) is 3.36. The number of imidazole rings is 1. The first-order valence-electron chi connectivity index (χ1n) is 4.64. The second kappa shape index (κ2) is 2.83. The molecule has 1 aliphatic rings. The van der Waals surface area contributed by atoms with Crippen molar-refractivity contribution in [2.24, 2.45) is 5.10 Å². The van der Waals surface area contributed by atoms with Crippen LogP contribution < -0.4 is 5.43 Å². The SMILES string of the molecule is C1=NNC(c2cn3ccccc3n2)C1. The molecule has 0 saturated carbocycles. The smallest absolute Gasteiger partial charge is 0.137 e. The Morgan fingerprint density at radius 1 is 1.43 bits per heavy atom. The summed E-state index contributed by atoms with van der Waals surface area (Å²) < 4.78 is 2.02. The Hall–Kier alpha value is -1.84. The van der Waals surface area contributed by atoms with Gasteiger partial charge in [0.1, 0.15) is 5.65 Å². The average molecular weight is 186 g/mol. The molecule has 1 N–H and O–H groups in total. The van der Waals surface area contributed by atoms with E-state index in [1.54, 1.807) is 0 Å². The number of hydrazone groups is 1. The lowest BCUT2D eigenvalue weighted by Crippen LogP contribution is -2.09. The van der Waals surface area contributed by atoms with Crippen LogP contribution in [-0.2, 0) is 0 Å². The van der Waals surface area contributed by atoms with E-state index < -0.39 is 0 Å². The maximum atomic E-state index is 4.52. The van der Waals surface area contributed by atoms with Crippen LogP contribution in [-0.4, -0.2) is 15.6 Å². The van der Waals surface area contributed by atoms with Crippen LogP contribution in [0.15, 0.2) is 35.7 Å². The van der Waals surface area contributed by atoms with E-state index in [1.807, 2.05) is 41.2 Å². The van der Waals surface area contributed by atoms with Crippen molar-refractivity contribution in [1.82, 2.24) is 14.8 Å². The van der Waals surface area contributed by atoms with E-state index in [2.05, 4.69) is 15.5 Å². The molecule has 1 unspecified atom stereocenters. The van der Waals surface area contributed by atoms with Gasteiger partial charge in [0.2, 0.25) is 0 Å². The molecule has 3 rings (SSSR count). The van der Waals surface area contributed by atoms with Crippen LogP contribution in [0, 0.1) is 0 Å². The zero-order chi connectivity index (χ0) is 9.38. The summed E-state index contributed by atoms with van der Waals surface area (Å²) >= 11 is 0. The van der Waals surface area contributed by atoms with Crippen LogP contribution in [0.2, 0.25) is 0 Å². The zero-order valence-corrected chi connectivity index (χ0v) is 7.59. The molecule has 70 valence electrons. The van der Waals surface area contributed by atoms with Crippen LogP contribution in [0.1, 0.15) is 18.2 Å². The molecular formula is C10H10N4. The van der Waals surface area contributed by atoms with E-state index in [1.165, 1.54) is 0 Å². The molecular weight excluding hydrogens is 176 g/mol. The first-order valence-corrected chi connectivity index (χ1v) is 4.64. The quantitative estimate of drug-likeness (QED) is 0.730. The molecule has 3 heterocycles. The molecule has 1 aliphatic heterocycles. The second-order valence-corrected chi connectivity index (χ2v) is 3.36. The third-order valence-corrected chi connectivity index (χ3v) is 2.40. The van der Waals surface area contributed by atoms with Crippen LogP contribution in [0.4, 0.5) is 0 Å². The van der Waals surface area contributed by atoms with Crippen molar-refractivity contribution in [2.75, 3.05) is 0 Å². The molecule has 0 amide bonds. The number of aromatic nitrogens is 2. The Kier molecular flexibility index (Phi) is 1.53. The Bertz CT molecular complexity index is 445. The predicted molar refractivity (Wildman–Crippen MR) is 54.2 cm³/mol. The van der Waals surface area contributed by atoms with Gasteiger partial charge >= 0.3 is 0 Å². The van der Waals surface area contributed by atoms with Gasteiger partial charge in [-0.05, 0) is 12.1 Å². The van der Waals surface area contributed by atoms with E-state index in [4.69, 9.17) is 0 Å². The summed E-state index contributed by atoms with van der Waals surface area (Å²) in [6, 6.07) is 6.23. The highest BCUT2D eigenvalue weighted by Gasteiger charge is 2.16. The van der Waals surface area contributed by atoms with Gasteiger partial charge in [-0.1, -0.05) is 6.07 Å². The third kappa shape index (κ3) is 1.08. The van der Waals surface area contributed by atoms with Crippen molar-refractivity contribution < 1.29 is 0 Å². The fraction of sp³-hybridized carbons (Fsp3) is 0.200. The fourth-order valence-electron chi connectivity index (χ4n) is 1.66.